The summed E-state index contributed by atoms with van der Waals surface area (Å²) in [5, 5.41) is 5.62. The van der Waals surface area contributed by atoms with Gasteiger partial charge in [0.2, 0.25) is 5.91 Å². The Morgan fingerprint density at radius 2 is 2.38 bits per heavy atom. The van der Waals surface area contributed by atoms with Crippen molar-refractivity contribution < 1.29 is 4.79 Å². The Morgan fingerprint density at radius 3 is 3.17 bits per heavy atom. The van der Waals surface area contributed by atoms with E-state index in [0.29, 0.717) is 21.9 Å². The fraction of sp³-hybridized carbons (Fsp3) is 0.471. The van der Waals surface area contributed by atoms with E-state index in [9.17, 15) is 9.59 Å². The molecule has 1 aliphatic rings. The van der Waals surface area contributed by atoms with E-state index >= 15 is 0 Å². The number of carbonyl (C=O) groups is 1. The predicted molar refractivity (Wildman–Crippen MR) is 99.7 cm³/mol. The Bertz CT molecular complexity index is 810. The average Bonchev–Trinajstić information content (AvgIpc) is 3.04. The second kappa shape index (κ2) is 7.98. The van der Waals surface area contributed by atoms with E-state index in [1.54, 1.807) is 6.07 Å². The maximum Gasteiger partial charge on any atom is 0.260 e. The molecule has 0 saturated carbocycles. The summed E-state index contributed by atoms with van der Waals surface area (Å²) in [6, 6.07) is 1.76. The van der Waals surface area contributed by atoms with E-state index in [4.69, 9.17) is 0 Å². The molecule has 1 atom stereocenters. The molecule has 1 amide bonds. The molecule has 24 heavy (non-hydrogen) atoms. The molecular formula is C17H21N3O2S2. The molecule has 3 rings (SSSR count). The highest BCUT2D eigenvalue weighted by atomic mass is 32.2. The number of aromatic nitrogens is 2. The number of amides is 1. The molecule has 7 heteroatoms. The molecule has 1 aliphatic carbocycles. The van der Waals surface area contributed by atoms with Crippen LogP contribution < -0.4 is 10.9 Å². The Hall–Kier alpha value is -1.60. The van der Waals surface area contributed by atoms with Crippen molar-refractivity contribution in [3.63, 3.8) is 0 Å². The second-order valence-corrected chi connectivity index (χ2v) is 8.14. The number of carbonyl (C=O) groups excluding carboxylic acids is 1. The number of H-pyrrole nitrogens is 1. The van der Waals surface area contributed by atoms with Crippen LogP contribution in [0.3, 0.4) is 0 Å². The highest BCUT2D eigenvalue weighted by Gasteiger charge is 2.16. The molecule has 0 spiro atoms. The van der Waals surface area contributed by atoms with Gasteiger partial charge in [0, 0.05) is 6.54 Å². The topological polar surface area (TPSA) is 74.8 Å². The van der Waals surface area contributed by atoms with Gasteiger partial charge in [-0.3, -0.25) is 9.59 Å². The fourth-order valence-electron chi connectivity index (χ4n) is 2.74. The van der Waals surface area contributed by atoms with Gasteiger partial charge in [0.15, 0.2) is 5.16 Å². The maximum atomic E-state index is 12.2. The van der Waals surface area contributed by atoms with Crippen LogP contribution >= 0.6 is 23.1 Å². The molecule has 0 bridgehead atoms. The lowest BCUT2D eigenvalue weighted by Crippen LogP contribution is -2.32. The van der Waals surface area contributed by atoms with Crippen LogP contribution in [0, 0.1) is 0 Å². The molecule has 0 aromatic carbocycles. The van der Waals surface area contributed by atoms with Gasteiger partial charge in [-0.15, -0.1) is 11.3 Å². The standard InChI is InChI=1S/C17H21N3O2S2/c1-11(14(21)18-9-7-12-5-3-2-4-6-12)24-17-19-15(22)13-8-10-23-16(13)20-17/h5,8,10-11H,2-4,6-7,9H2,1H3,(H,18,21)(H,19,20,22)/t11-/m0/s1. The van der Waals surface area contributed by atoms with Gasteiger partial charge in [-0.2, -0.15) is 0 Å². The second-order valence-electron chi connectivity index (χ2n) is 5.92. The van der Waals surface area contributed by atoms with Crippen LogP contribution in [0.15, 0.2) is 33.0 Å². The smallest absolute Gasteiger partial charge is 0.260 e. The summed E-state index contributed by atoms with van der Waals surface area (Å²) in [7, 11) is 0. The average molecular weight is 364 g/mol. The van der Waals surface area contributed by atoms with Crippen LogP contribution in [0.4, 0.5) is 0 Å². The van der Waals surface area contributed by atoms with E-state index in [1.165, 1.54) is 47.9 Å². The minimum atomic E-state index is -0.300. The zero-order valence-corrected chi connectivity index (χ0v) is 15.3. The molecule has 0 radical (unpaired) electrons. The van der Waals surface area contributed by atoms with Crippen molar-refractivity contribution >= 4 is 39.2 Å². The van der Waals surface area contributed by atoms with Gasteiger partial charge in [-0.1, -0.05) is 23.4 Å². The van der Waals surface area contributed by atoms with Gasteiger partial charge in [-0.25, -0.2) is 4.98 Å². The lowest BCUT2D eigenvalue weighted by Gasteiger charge is -2.14. The van der Waals surface area contributed by atoms with E-state index in [2.05, 4.69) is 21.4 Å². The SMILES string of the molecule is C[C@H](Sc1nc2sccc2c(=O)[nH]1)C(=O)NCCC1=CCCCC1. The Balaban J connectivity index is 1.53. The zero-order chi connectivity index (χ0) is 16.9. The summed E-state index contributed by atoms with van der Waals surface area (Å²) in [6.45, 7) is 2.50. The van der Waals surface area contributed by atoms with Crippen LogP contribution in [0.25, 0.3) is 10.2 Å². The van der Waals surface area contributed by atoms with Crippen molar-refractivity contribution in [1.29, 1.82) is 0 Å². The Kier molecular flexibility index (Phi) is 5.73. The zero-order valence-electron chi connectivity index (χ0n) is 13.6. The van der Waals surface area contributed by atoms with Crippen molar-refractivity contribution in [3.8, 4) is 0 Å². The number of aromatic amines is 1. The van der Waals surface area contributed by atoms with E-state index in [0.717, 1.165) is 12.8 Å². The highest BCUT2D eigenvalue weighted by Crippen LogP contribution is 2.23. The van der Waals surface area contributed by atoms with Gasteiger partial charge in [-0.05, 0) is 50.5 Å². The lowest BCUT2D eigenvalue weighted by molar-refractivity contribution is -0.120. The molecule has 0 fully saturated rings. The fourth-order valence-corrected chi connectivity index (χ4v) is 4.39. The number of fused-ring (bicyclic) bond motifs is 1. The van der Waals surface area contributed by atoms with E-state index in [1.807, 2.05) is 12.3 Å². The van der Waals surface area contributed by atoms with Crippen molar-refractivity contribution in [2.45, 2.75) is 49.4 Å². The first-order valence-corrected chi connectivity index (χ1v) is 9.99. The summed E-state index contributed by atoms with van der Waals surface area (Å²) >= 11 is 2.71. The van der Waals surface area contributed by atoms with Gasteiger partial charge >= 0.3 is 0 Å². The van der Waals surface area contributed by atoms with Crippen molar-refractivity contribution in [2.24, 2.45) is 0 Å². The van der Waals surface area contributed by atoms with Gasteiger partial charge in [0.25, 0.3) is 5.56 Å². The number of allylic oxidation sites excluding steroid dienone is 1. The lowest BCUT2D eigenvalue weighted by atomic mass is 9.97. The summed E-state index contributed by atoms with van der Waals surface area (Å²) in [5.74, 6) is -0.0228. The molecule has 0 unspecified atom stereocenters. The monoisotopic (exact) mass is 363 g/mol. The summed E-state index contributed by atoms with van der Waals surface area (Å²) < 4.78 is 0. The maximum absolute atomic E-state index is 12.2. The van der Waals surface area contributed by atoms with E-state index in [-0.39, 0.29) is 16.7 Å². The van der Waals surface area contributed by atoms with Crippen molar-refractivity contribution in [1.82, 2.24) is 15.3 Å². The summed E-state index contributed by atoms with van der Waals surface area (Å²) in [6.07, 6.45) is 8.10. The first-order chi connectivity index (χ1) is 11.6. The third-order valence-corrected chi connectivity index (χ3v) is 5.89. The van der Waals surface area contributed by atoms with E-state index < -0.39 is 0 Å². The van der Waals surface area contributed by atoms with Crippen molar-refractivity contribution in [3.05, 3.63) is 33.4 Å². The molecule has 5 nitrogen and oxygen atoms in total. The van der Waals surface area contributed by atoms with Crippen LogP contribution in [-0.2, 0) is 4.79 Å². The summed E-state index contributed by atoms with van der Waals surface area (Å²) in [4.78, 5) is 32.0. The number of nitrogens with one attached hydrogen (secondary N) is 2. The minimum absolute atomic E-state index is 0.0228. The number of hydrogen-bond acceptors (Lipinski definition) is 5. The molecule has 128 valence electrons. The third kappa shape index (κ3) is 4.27. The van der Waals surface area contributed by atoms with Crippen LogP contribution in [0.5, 0.6) is 0 Å². The predicted octanol–water partition coefficient (Wildman–Crippen LogP) is 3.47. The van der Waals surface area contributed by atoms with Crippen molar-refractivity contribution in [2.75, 3.05) is 6.54 Å². The van der Waals surface area contributed by atoms with Crippen LogP contribution in [0.1, 0.15) is 39.0 Å². The molecule has 2 aromatic rings. The number of rotatable bonds is 6. The molecular weight excluding hydrogens is 342 g/mol. The first kappa shape index (κ1) is 17.2. The number of thiophene rings is 1. The van der Waals surface area contributed by atoms with Gasteiger partial charge in [0.1, 0.15) is 4.83 Å². The Labute approximate surface area is 149 Å². The summed E-state index contributed by atoms with van der Waals surface area (Å²) in [5.41, 5.74) is 1.30. The molecule has 0 saturated heterocycles. The number of thioether (sulfide) groups is 1. The third-order valence-electron chi connectivity index (χ3n) is 4.10. The molecule has 2 N–H and O–H groups in total. The quantitative estimate of drug-likeness (QED) is 0.468. The molecule has 2 aromatic heterocycles. The van der Waals surface area contributed by atoms with Crippen LogP contribution in [0.2, 0.25) is 0 Å². The normalized spacial score (nSPS) is 16.0. The minimum Gasteiger partial charge on any atom is -0.355 e. The van der Waals surface area contributed by atoms with Crippen LogP contribution in [-0.4, -0.2) is 27.7 Å². The number of hydrogen-bond donors (Lipinski definition) is 2. The first-order valence-electron chi connectivity index (χ1n) is 8.23. The highest BCUT2D eigenvalue weighted by molar-refractivity contribution is 8.00. The van der Waals surface area contributed by atoms with Gasteiger partial charge < -0.3 is 10.3 Å². The molecule has 0 aliphatic heterocycles. The molecule has 2 heterocycles. The Morgan fingerprint density at radius 1 is 1.50 bits per heavy atom. The largest absolute Gasteiger partial charge is 0.355 e. The van der Waals surface area contributed by atoms with Gasteiger partial charge in [0.05, 0.1) is 10.6 Å². The number of nitrogens with zero attached hydrogens (tertiary/aromatic N) is 1.